The third-order valence-corrected chi connectivity index (χ3v) is 14.7. The van der Waals surface area contributed by atoms with Crippen LogP contribution in [0.5, 0.6) is 5.75 Å². The number of hydrogen-bond acceptors (Lipinski definition) is 11. The molecule has 356 valence electrons. The summed E-state index contributed by atoms with van der Waals surface area (Å²) in [5.41, 5.74) is 9.65. The summed E-state index contributed by atoms with van der Waals surface area (Å²) in [7, 11) is 1.68. The van der Waals surface area contributed by atoms with Gasteiger partial charge in [0.2, 0.25) is 11.8 Å². The van der Waals surface area contributed by atoms with Crippen LogP contribution in [-0.4, -0.2) is 130 Å². The number of esters is 1. The molecule has 15 nitrogen and oxygen atoms in total. The molecule has 15 heteroatoms. The van der Waals surface area contributed by atoms with Gasteiger partial charge < -0.3 is 39.6 Å². The highest BCUT2D eigenvalue weighted by Crippen LogP contribution is 2.44. The maximum absolute atomic E-state index is 14.8. The summed E-state index contributed by atoms with van der Waals surface area (Å²) >= 11 is 0. The van der Waals surface area contributed by atoms with Crippen LogP contribution in [0.25, 0.3) is 33.3 Å². The van der Waals surface area contributed by atoms with Gasteiger partial charge in [0.25, 0.3) is 5.91 Å². The number of carbonyl (C=O) groups excluding carboxylic acids is 4. The third-order valence-electron chi connectivity index (χ3n) is 14.7. The summed E-state index contributed by atoms with van der Waals surface area (Å²) in [5.74, 6) is -1.45. The van der Waals surface area contributed by atoms with Gasteiger partial charge >= 0.3 is 5.97 Å². The van der Waals surface area contributed by atoms with E-state index in [1.165, 1.54) is 5.01 Å². The third kappa shape index (κ3) is 9.23. The molecule has 67 heavy (non-hydrogen) atoms. The highest BCUT2D eigenvalue weighted by atomic mass is 16.5. The zero-order chi connectivity index (χ0) is 47.4. The lowest BCUT2D eigenvalue weighted by Gasteiger charge is -2.36. The van der Waals surface area contributed by atoms with Crippen molar-refractivity contribution in [3.05, 3.63) is 83.7 Å². The molecular formula is C52H66N8O7. The molecule has 4 N–H and O–H groups in total. The minimum atomic E-state index is -1.14. The summed E-state index contributed by atoms with van der Waals surface area (Å²) < 4.78 is 14.3. The highest BCUT2D eigenvalue weighted by molar-refractivity contribution is 5.97. The van der Waals surface area contributed by atoms with Gasteiger partial charge in [0.05, 0.1) is 29.5 Å². The number of phenols is 1. The minimum absolute atomic E-state index is 0.0102. The van der Waals surface area contributed by atoms with Gasteiger partial charge in [0.15, 0.2) is 0 Å². The molecule has 4 fully saturated rings. The largest absolute Gasteiger partial charge is 0.508 e. The number of likely N-dealkylation sites (tertiary alicyclic amines) is 2. The first kappa shape index (κ1) is 46.5. The van der Waals surface area contributed by atoms with Crippen LogP contribution in [-0.2, 0) is 48.0 Å². The predicted molar refractivity (Wildman–Crippen MR) is 256 cm³/mol. The molecule has 4 aromatic rings. The minimum Gasteiger partial charge on any atom is -0.508 e. The number of carbonyl (C=O) groups is 4. The molecule has 9 rings (SSSR count). The smallest absolute Gasteiger partial charge is 0.324 e. The Balaban J connectivity index is 1.10. The van der Waals surface area contributed by atoms with Gasteiger partial charge in [-0.25, -0.2) is 5.43 Å². The van der Waals surface area contributed by atoms with E-state index in [1.54, 1.807) is 37.3 Å². The summed E-state index contributed by atoms with van der Waals surface area (Å²) in [6.45, 7) is 19.1. The summed E-state index contributed by atoms with van der Waals surface area (Å²) in [6, 6.07) is 13.1. The Morgan fingerprint density at radius 2 is 1.88 bits per heavy atom. The van der Waals surface area contributed by atoms with Crippen LogP contribution in [0.1, 0.15) is 83.2 Å². The van der Waals surface area contributed by atoms with Gasteiger partial charge in [-0.1, -0.05) is 32.6 Å². The van der Waals surface area contributed by atoms with Gasteiger partial charge in [0.1, 0.15) is 23.9 Å². The van der Waals surface area contributed by atoms with Crippen LogP contribution in [0, 0.1) is 10.8 Å². The molecule has 5 aliphatic heterocycles. The van der Waals surface area contributed by atoms with Gasteiger partial charge in [-0.05, 0) is 124 Å². The molecule has 0 saturated carbocycles. The number of hydrogen-bond donors (Lipinski definition) is 4. The number of benzene rings is 2. The Hall–Kier alpha value is -5.61. The average molecular weight is 915 g/mol. The number of amides is 3. The number of phenolic OH excluding ortho intramolecular Hbond substituents is 1. The number of hydrazine groups is 1. The molecule has 0 aliphatic carbocycles. The standard InChI is InChI=1S/C52H66N8O7/c1-8-58-43-14-13-34-25-39(43)40(46(58)38-11-9-17-53-44(38)32(4)66-7)26-51(5,6)30-67-49(64)41-12-10-18-60(56-41)48(63)42(23-33-21-35(34)24-37(61)22-33)55-47(62)45(31(2)3)59-20-16-52(50(59)65)15-19-57(29-52)28-36-27-54-36/h9,11,13-14,17,21-22,24-25,32,36,41-42,45,54,56,61H,2,8,10,12,15-16,18-20,23,26-30H2,1,3-7H3,(H,55,62)/t32-,36+,41-,42-,45-,52+/m0/s1. The van der Waals surface area contributed by atoms with E-state index in [9.17, 15) is 24.3 Å². The Labute approximate surface area is 393 Å². The molecule has 6 bridgehead atoms. The number of pyridine rings is 1. The number of fused-ring (bicyclic) bond motifs is 6. The van der Waals surface area contributed by atoms with E-state index in [-0.39, 0.29) is 30.8 Å². The summed E-state index contributed by atoms with van der Waals surface area (Å²) in [6.07, 6.45) is 4.45. The first-order chi connectivity index (χ1) is 32.1. The molecule has 3 amide bonds. The Morgan fingerprint density at radius 1 is 1.09 bits per heavy atom. The van der Waals surface area contributed by atoms with Crippen molar-refractivity contribution in [3.8, 4) is 28.1 Å². The monoisotopic (exact) mass is 915 g/mol. The second-order valence-corrected chi connectivity index (χ2v) is 20.4. The van der Waals surface area contributed by atoms with E-state index in [0.717, 1.165) is 70.6 Å². The van der Waals surface area contributed by atoms with Crippen molar-refractivity contribution >= 4 is 34.6 Å². The second-order valence-electron chi connectivity index (χ2n) is 20.4. The zero-order valence-electron chi connectivity index (χ0n) is 39.8. The number of aromatic nitrogens is 2. The summed E-state index contributed by atoms with van der Waals surface area (Å²) in [4.78, 5) is 66.6. The molecule has 7 heterocycles. The van der Waals surface area contributed by atoms with E-state index in [2.05, 4.69) is 71.1 Å². The lowest BCUT2D eigenvalue weighted by molar-refractivity contribution is -0.155. The van der Waals surface area contributed by atoms with Gasteiger partial charge in [-0.15, -0.1) is 0 Å². The fourth-order valence-electron chi connectivity index (χ4n) is 11.1. The first-order valence-electron chi connectivity index (χ1n) is 24.0. The van der Waals surface area contributed by atoms with Crippen LogP contribution in [0.3, 0.4) is 0 Å². The van der Waals surface area contributed by atoms with Gasteiger partial charge in [0, 0.05) is 86.9 Å². The summed E-state index contributed by atoms with van der Waals surface area (Å²) in [5, 5.41) is 20.2. The molecule has 5 aliphatic rings. The van der Waals surface area contributed by atoms with Crippen LogP contribution >= 0.6 is 0 Å². The van der Waals surface area contributed by atoms with Crippen molar-refractivity contribution in [2.75, 3.05) is 53.0 Å². The fraction of sp³-hybridized carbons (Fsp3) is 0.519. The molecule has 0 unspecified atom stereocenters. The van der Waals surface area contributed by atoms with E-state index in [1.807, 2.05) is 25.1 Å². The van der Waals surface area contributed by atoms with E-state index in [0.29, 0.717) is 69.0 Å². The quantitative estimate of drug-likeness (QED) is 0.0923. The molecule has 2 aromatic carbocycles. The second kappa shape index (κ2) is 18.5. The van der Waals surface area contributed by atoms with Crippen LogP contribution in [0.15, 0.2) is 66.9 Å². The molecular weight excluding hydrogens is 849 g/mol. The Kier molecular flexibility index (Phi) is 12.8. The molecule has 6 atom stereocenters. The lowest BCUT2D eigenvalue weighted by atomic mass is 9.84. The Morgan fingerprint density at radius 3 is 2.63 bits per heavy atom. The predicted octanol–water partition coefficient (Wildman–Crippen LogP) is 5.29. The molecule has 1 spiro atoms. The normalized spacial score (nSPS) is 25.3. The number of aromatic hydroxyl groups is 1. The maximum atomic E-state index is 14.8. The number of nitrogens with one attached hydrogen (secondary N) is 3. The number of rotatable bonds is 10. The fourth-order valence-corrected chi connectivity index (χ4v) is 11.1. The van der Waals surface area contributed by atoms with Gasteiger partial charge in [-0.2, -0.15) is 0 Å². The van der Waals surface area contributed by atoms with E-state index >= 15 is 0 Å². The van der Waals surface area contributed by atoms with Crippen LogP contribution < -0.4 is 16.1 Å². The van der Waals surface area contributed by atoms with Crippen molar-refractivity contribution in [1.29, 1.82) is 0 Å². The number of aryl methyl sites for hydroxylation is 1. The topological polar surface area (TPSA) is 181 Å². The highest BCUT2D eigenvalue weighted by Gasteiger charge is 2.53. The molecule has 0 radical (unpaired) electrons. The number of methoxy groups -OCH3 is 1. The molecule has 2 aromatic heterocycles. The first-order valence-corrected chi connectivity index (χ1v) is 24.0. The van der Waals surface area contributed by atoms with Crippen molar-refractivity contribution in [1.82, 2.24) is 40.4 Å². The molecule has 4 saturated heterocycles. The van der Waals surface area contributed by atoms with Crippen molar-refractivity contribution in [3.63, 3.8) is 0 Å². The number of cyclic esters (lactones) is 1. The van der Waals surface area contributed by atoms with E-state index in [4.69, 9.17) is 14.5 Å². The van der Waals surface area contributed by atoms with E-state index < -0.39 is 46.7 Å². The van der Waals surface area contributed by atoms with Crippen molar-refractivity contribution in [2.24, 2.45) is 10.8 Å². The zero-order valence-corrected chi connectivity index (χ0v) is 39.8. The van der Waals surface area contributed by atoms with Gasteiger partial charge in [-0.3, -0.25) is 29.2 Å². The van der Waals surface area contributed by atoms with Crippen LogP contribution in [0.2, 0.25) is 0 Å². The maximum Gasteiger partial charge on any atom is 0.324 e. The van der Waals surface area contributed by atoms with Crippen LogP contribution in [0.4, 0.5) is 0 Å². The Bertz CT molecular complexity index is 2600. The SMILES string of the molecule is C=C(C)[C@@H](C(=O)N[C@H]1Cc2cc(O)cc(c2)-c2ccc3c(c2)c(c(-c2cccnc2[C@H](C)OC)n3CC)CC(C)(C)COC(=O)[C@@H]2CCCN(N2)C1=O)N1CC[C@@]2(CCN(C[C@H]3CN3)C2)C1=O. The average Bonchev–Trinajstić information content (AvgIpc) is 3.85. The van der Waals surface area contributed by atoms with Crippen molar-refractivity contribution in [2.45, 2.75) is 110 Å². The number of nitrogens with zero attached hydrogens (tertiary/aromatic N) is 5. The number of ether oxygens (including phenoxy) is 2. The van der Waals surface area contributed by atoms with Crippen molar-refractivity contribution < 1.29 is 33.8 Å². The lowest BCUT2D eigenvalue weighted by Crippen LogP contribution is -2.62.